The molecular weight excluding hydrogens is 470 g/mol. The summed E-state index contributed by atoms with van der Waals surface area (Å²) in [6, 6.07) is 5.77. The molecule has 3 heterocycles. The number of carbonyl (C=O) groups excluding carboxylic acids is 2. The summed E-state index contributed by atoms with van der Waals surface area (Å²) in [5.41, 5.74) is 2.41. The highest BCUT2D eigenvalue weighted by Gasteiger charge is 2.40. The first-order chi connectivity index (χ1) is 16.8. The van der Waals surface area contributed by atoms with Crippen LogP contribution < -0.4 is 5.32 Å². The quantitative estimate of drug-likeness (QED) is 0.504. The minimum absolute atomic E-state index is 0.0139. The van der Waals surface area contributed by atoms with E-state index in [9.17, 15) is 14.7 Å². The Morgan fingerprint density at radius 1 is 1.37 bits per heavy atom. The minimum atomic E-state index is -0.197. The van der Waals surface area contributed by atoms with Gasteiger partial charge in [0.05, 0.1) is 30.1 Å². The van der Waals surface area contributed by atoms with Gasteiger partial charge in [0.25, 0.3) is 0 Å². The van der Waals surface area contributed by atoms with Gasteiger partial charge in [-0.2, -0.15) is 0 Å². The van der Waals surface area contributed by atoms with E-state index in [1.165, 1.54) is 0 Å². The number of rotatable bonds is 9. The highest BCUT2D eigenvalue weighted by atomic mass is 35.5. The normalized spacial score (nSPS) is 17.8. The van der Waals surface area contributed by atoms with Crippen LogP contribution in [0.3, 0.4) is 0 Å². The molecule has 2 saturated heterocycles. The predicted octanol–water partition coefficient (Wildman–Crippen LogP) is 2.47. The summed E-state index contributed by atoms with van der Waals surface area (Å²) in [4.78, 5) is 37.0. The third kappa shape index (κ3) is 6.16. The number of carbonyl (C=O) groups is 2. The van der Waals surface area contributed by atoms with E-state index in [0.717, 1.165) is 30.3 Å². The van der Waals surface area contributed by atoms with Crippen molar-refractivity contribution < 1.29 is 19.4 Å². The zero-order valence-electron chi connectivity index (χ0n) is 20.2. The smallest absolute Gasteiger partial charge is 0.236 e. The number of nitrogens with one attached hydrogen (secondary N) is 1. The van der Waals surface area contributed by atoms with Gasteiger partial charge in [0.2, 0.25) is 11.9 Å². The molecule has 9 nitrogen and oxygen atoms in total. The summed E-state index contributed by atoms with van der Waals surface area (Å²) in [6.45, 7) is 5.27. The average molecular weight is 502 g/mol. The van der Waals surface area contributed by atoms with Gasteiger partial charge >= 0.3 is 0 Å². The molecule has 2 aromatic rings. The van der Waals surface area contributed by atoms with Crippen molar-refractivity contribution in [2.45, 2.75) is 32.4 Å². The van der Waals surface area contributed by atoms with Crippen LogP contribution in [0.1, 0.15) is 35.7 Å². The first-order valence-corrected chi connectivity index (χ1v) is 12.2. The lowest BCUT2D eigenvalue weighted by Crippen LogP contribution is -2.60. The molecule has 0 spiro atoms. The van der Waals surface area contributed by atoms with Gasteiger partial charge in [0, 0.05) is 55.4 Å². The number of aliphatic hydroxyl groups is 1. The van der Waals surface area contributed by atoms with E-state index in [2.05, 4.69) is 15.3 Å². The molecule has 2 N–H and O–H groups in total. The van der Waals surface area contributed by atoms with Crippen LogP contribution in [-0.2, 0) is 16.1 Å². The number of ether oxygens (including phenoxy) is 1. The molecule has 188 valence electrons. The van der Waals surface area contributed by atoms with Crippen LogP contribution in [0.15, 0.2) is 24.4 Å². The van der Waals surface area contributed by atoms with E-state index < -0.39 is 0 Å². The van der Waals surface area contributed by atoms with Crippen LogP contribution in [0, 0.1) is 5.41 Å². The average Bonchev–Trinajstić information content (AvgIpc) is 2.84. The first-order valence-electron chi connectivity index (χ1n) is 11.8. The number of hydrogen-bond donors (Lipinski definition) is 2. The van der Waals surface area contributed by atoms with E-state index in [1.807, 2.05) is 31.0 Å². The van der Waals surface area contributed by atoms with Crippen molar-refractivity contribution in [2.24, 2.45) is 5.41 Å². The maximum Gasteiger partial charge on any atom is 0.236 e. The van der Waals surface area contributed by atoms with E-state index in [-0.39, 0.29) is 30.5 Å². The van der Waals surface area contributed by atoms with Gasteiger partial charge in [-0.05, 0) is 31.5 Å². The molecule has 35 heavy (non-hydrogen) atoms. The fraction of sp³-hybridized carbons (Fsp3) is 0.520. The van der Waals surface area contributed by atoms with Crippen LogP contribution in [0.25, 0.3) is 11.3 Å². The molecule has 0 saturated carbocycles. The SMILES string of the molecule is CN(CC(=O)N1CC(C)(CO)C1)Cc1ccc(-c2nc(NC3CCOCC3)ncc2Cl)cc1C=O. The highest BCUT2D eigenvalue weighted by molar-refractivity contribution is 6.32. The number of aldehydes is 1. The van der Waals surface area contributed by atoms with Crippen LogP contribution >= 0.6 is 11.6 Å². The van der Waals surface area contributed by atoms with Gasteiger partial charge in [-0.15, -0.1) is 0 Å². The lowest BCUT2D eigenvalue weighted by molar-refractivity contribution is -0.145. The molecule has 2 aliphatic rings. The van der Waals surface area contributed by atoms with Crippen molar-refractivity contribution in [1.29, 1.82) is 0 Å². The molecule has 10 heteroatoms. The van der Waals surface area contributed by atoms with Crippen molar-refractivity contribution in [3.8, 4) is 11.3 Å². The summed E-state index contributed by atoms with van der Waals surface area (Å²) in [5.74, 6) is 0.509. The largest absolute Gasteiger partial charge is 0.396 e. The zero-order chi connectivity index (χ0) is 25.0. The number of anilines is 1. The lowest BCUT2D eigenvalue weighted by atomic mass is 9.83. The molecule has 4 rings (SSSR count). The van der Waals surface area contributed by atoms with E-state index >= 15 is 0 Å². The van der Waals surface area contributed by atoms with Crippen LogP contribution in [0.4, 0.5) is 5.95 Å². The fourth-order valence-electron chi connectivity index (χ4n) is 4.49. The third-order valence-corrected chi connectivity index (χ3v) is 6.85. The Morgan fingerprint density at radius 3 is 2.80 bits per heavy atom. The van der Waals surface area contributed by atoms with E-state index in [4.69, 9.17) is 16.3 Å². The summed E-state index contributed by atoms with van der Waals surface area (Å²) < 4.78 is 5.40. The standard InChI is InChI=1S/C25H32ClN5O4/c1-25(16-33)14-31(15-25)22(34)12-30(2)11-18-4-3-17(9-19(18)13-32)23-21(26)10-27-24(29-23)28-20-5-7-35-8-6-20/h3-4,9-10,13,20,33H,5-8,11-12,14-16H2,1-2H3,(H,27,28,29). The number of amides is 1. The monoisotopic (exact) mass is 501 g/mol. The Labute approximate surface area is 210 Å². The minimum Gasteiger partial charge on any atom is -0.396 e. The molecule has 1 amide bonds. The summed E-state index contributed by atoms with van der Waals surface area (Å²) in [6.07, 6.45) is 4.16. The van der Waals surface area contributed by atoms with Gasteiger partial charge < -0.3 is 20.1 Å². The second kappa shape index (κ2) is 11.0. The Bertz CT molecular complexity index is 1070. The predicted molar refractivity (Wildman–Crippen MR) is 133 cm³/mol. The highest BCUT2D eigenvalue weighted by Crippen LogP contribution is 2.30. The molecule has 1 aromatic heterocycles. The zero-order valence-corrected chi connectivity index (χ0v) is 20.9. The van der Waals surface area contributed by atoms with E-state index in [1.54, 1.807) is 17.2 Å². The Hall–Kier alpha value is -2.59. The number of benzene rings is 1. The van der Waals surface area contributed by atoms with Gasteiger partial charge in [-0.3, -0.25) is 14.5 Å². The summed E-state index contributed by atoms with van der Waals surface area (Å²) >= 11 is 6.40. The number of hydrogen-bond acceptors (Lipinski definition) is 8. The Kier molecular flexibility index (Phi) is 8.01. The number of aromatic nitrogens is 2. The molecule has 1 aromatic carbocycles. The molecule has 0 unspecified atom stereocenters. The van der Waals surface area contributed by atoms with Gasteiger partial charge in [0.1, 0.15) is 6.29 Å². The molecule has 0 aliphatic carbocycles. The molecule has 2 aliphatic heterocycles. The Balaban J connectivity index is 1.43. The van der Waals surface area contributed by atoms with Crippen molar-refractivity contribution in [2.75, 3.05) is 51.8 Å². The molecular formula is C25H32ClN5O4. The van der Waals surface area contributed by atoms with Crippen molar-refractivity contribution in [3.63, 3.8) is 0 Å². The second-order valence-corrected chi connectivity index (χ2v) is 10.3. The van der Waals surface area contributed by atoms with Crippen molar-refractivity contribution in [3.05, 3.63) is 40.5 Å². The van der Waals surface area contributed by atoms with Crippen LogP contribution in [-0.4, -0.2) is 89.6 Å². The van der Waals surface area contributed by atoms with Crippen molar-refractivity contribution >= 4 is 29.7 Å². The van der Waals surface area contributed by atoms with Gasteiger partial charge in [0.15, 0.2) is 0 Å². The van der Waals surface area contributed by atoms with Gasteiger partial charge in [-0.25, -0.2) is 9.97 Å². The number of likely N-dealkylation sites (tertiary alicyclic amines) is 1. The number of likely N-dealkylation sites (N-methyl/N-ethyl adjacent to an activating group) is 1. The molecule has 0 radical (unpaired) electrons. The Morgan fingerprint density at radius 2 is 2.11 bits per heavy atom. The number of nitrogens with zero attached hydrogens (tertiary/aromatic N) is 4. The summed E-state index contributed by atoms with van der Waals surface area (Å²) in [7, 11) is 1.85. The number of halogens is 1. The molecule has 2 fully saturated rings. The van der Waals surface area contributed by atoms with Crippen LogP contribution in [0.2, 0.25) is 5.02 Å². The van der Waals surface area contributed by atoms with Crippen LogP contribution in [0.5, 0.6) is 0 Å². The second-order valence-electron chi connectivity index (χ2n) is 9.84. The first kappa shape index (κ1) is 25.5. The number of aliphatic hydroxyl groups excluding tert-OH is 1. The fourth-order valence-corrected chi connectivity index (χ4v) is 4.69. The lowest BCUT2D eigenvalue weighted by Gasteiger charge is -2.47. The maximum absolute atomic E-state index is 12.5. The molecule has 0 bridgehead atoms. The third-order valence-electron chi connectivity index (χ3n) is 6.57. The van der Waals surface area contributed by atoms with Gasteiger partial charge in [-0.1, -0.05) is 30.7 Å². The summed E-state index contributed by atoms with van der Waals surface area (Å²) in [5, 5.41) is 13.1. The van der Waals surface area contributed by atoms with Crippen molar-refractivity contribution in [1.82, 2.24) is 19.8 Å². The molecule has 0 atom stereocenters. The maximum atomic E-state index is 12.5. The topological polar surface area (TPSA) is 108 Å². The van der Waals surface area contributed by atoms with E-state index in [0.29, 0.717) is 55.1 Å².